The molecule has 0 aliphatic rings. The van der Waals surface area contributed by atoms with E-state index in [1.807, 2.05) is 13.1 Å². The largest absolute Gasteiger partial charge is 0.356 e. The van der Waals surface area contributed by atoms with Crippen LogP contribution in [0.4, 0.5) is 0 Å². The van der Waals surface area contributed by atoms with Gasteiger partial charge >= 0.3 is 0 Å². The van der Waals surface area contributed by atoms with Gasteiger partial charge in [0.2, 0.25) is 0 Å². The fourth-order valence-corrected chi connectivity index (χ4v) is 2.26. The highest BCUT2D eigenvalue weighted by atomic mass is 15.3. The molecule has 0 bridgehead atoms. The van der Waals surface area contributed by atoms with E-state index < -0.39 is 0 Å². The summed E-state index contributed by atoms with van der Waals surface area (Å²) in [7, 11) is 6.11. The van der Waals surface area contributed by atoms with Crippen LogP contribution in [0.2, 0.25) is 0 Å². The maximum atomic E-state index is 4.37. The molecule has 124 valence electrons. The minimum Gasteiger partial charge on any atom is -0.356 e. The predicted octanol–water partition coefficient (Wildman–Crippen LogP) is 2.81. The molecule has 0 spiro atoms. The summed E-state index contributed by atoms with van der Waals surface area (Å²) < 4.78 is 0. The summed E-state index contributed by atoms with van der Waals surface area (Å²) in [5, 5.41) is 3.45. The van der Waals surface area contributed by atoms with Crippen molar-refractivity contribution in [1.29, 1.82) is 0 Å². The lowest BCUT2D eigenvalue weighted by Crippen LogP contribution is -2.39. The molecule has 4 heteroatoms. The van der Waals surface area contributed by atoms with Gasteiger partial charge < -0.3 is 15.1 Å². The van der Waals surface area contributed by atoms with Crippen LogP contribution in [0.1, 0.15) is 32.3 Å². The molecule has 0 aromatic heterocycles. The Labute approximate surface area is 136 Å². The van der Waals surface area contributed by atoms with Crippen LogP contribution in [-0.2, 0) is 6.54 Å². The van der Waals surface area contributed by atoms with Crippen molar-refractivity contribution < 1.29 is 0 Å². The minimum absolute atomic E-state index is 0.623. The molecule has 0 saturated heterocycles. The predicted molar refractivity (Wildman–Crippen MR) is 96.3 cm³/mol. The second-order valence-electron chi connectivity index (χ2n) is 6.10. The number of hydrogen-bond donors (Lipinski definition) is 1. The van der Waals surface area contributed by atoms with Crippen LogP contribution >= 0.6 is 0 Å². The molecule has 0 unspecified atom stereocenters. The average molecular weight is 304 g/mol. The number of guanidine groups is 1. The molecule has 1 aromatic rings. The summed E-state index contributed by atoms with van der Waals surface area (Å²) in [6, 6.07) is 11.1. The van der Waals surface area contributed by atoms with E-state index in [2.05, 4.69) is 72.3 Å². The molecule has 0 amide bonds. The van der Waals surface area contributed by atoms with Gasteiger partial charge in [-0.3, -0.25) is 4.99 Å². The molecule has 0 fully saturated rings. The molecule has 0 radical (unpaired) electrons. The highest BCUT2D eigenvalue weighted by Crippen LogP contribution is 2.03. The minimum atomic E-state index is 0.623. The van der Waals surface area contributed by atoms with Crippen molar-refractivity contribution in [1.82, 2.24) is 15.1 Å². The van der Waals surface area contributed by atoms with Gasteiger partial charge in [-0.05, 0) is 45.8 Å². The molecule has 22 heavy (non-hydrogen) atoms. The lowest BCUT2D eigenvalue weighted by Gasteiger charge is -2.23. The van der Waals surface area contributed by atoms with Crippen LogP contribution in [0, 0.1) is 0 Å². The second-order valence-corrected chi connectivity index (χ2v) is 6.10. The van der Waals surface area contributed by atoms with E-state index in [1.165, 1.54) is 12.0 Å². The third-order valence-corrected chi connectivity index (χ3v) is 3.94. The van der Waals surface area contributed by atoms with Gasteiger partial charge in [-0.2, -0.15) is 0 Å². The monoisotopic (exact) mass is 304 g/mol. The van der Waals surface area contributed by atoms with Gasteiger partial charge in [0.25, 0.3) is 0 Å². The van der Waals surface area contributed by atoms with Crippen LogP contribution in [0.25, 0.3) is 0 Å². The number of benzene rings is 1. The van der Waals surface area contributed by atoms with E-state index in [0.717, 1.165) is 32.0 Å². The zero-order valence-corrected chi connectivity index (χ0v) is 14.8. The standard InChI is InChI=1S/C18H32N4/c1-16(2)21(4)14-10-9-13-20-18(19-3)22(5)15-17-11-7-6-8-12-17/h6-8,11-12,16H,9-10,13-15H2,1-5H3,(H,19,20). The van der Waals surface area contributed by atoms with E-state index >= 15 is 0 Å². The van der Waals surface area contributed by atoms with Gasteiger partial charge in [0.1, 0.15) is 0 Å². The molecule has 0 saturated carbocycles. The van der Waals surface area contributed by atoms with Crippen molar-refractivity contribution in [3.63, 3.8) is 0 Å². The number of nitrogens with one attached hydrogen (secondary N) is 1. The first-order valence-electron chi connectivity index (χ1n) is 8.20. The number of nitrogens with zero attached hydrogens (tertiary/aromatic N) is 3. The Morgan fingerprint density at radius 1 is 1.14 bits per heavy atom. The first-order chi connectivity index (χ1) is 10.5. The van der Waals surface area contributed by atoms with Crippen LogP contribution in [0.5, 0.6) is 0 Å². The van der Waals surface area contributed by atoms with E-state index in [0.29, 0.717) is 6.04 Å². The third-order valence-electron chi connectivity index (χ3n) is 3.94. The molecule has 4 nitrogen and oxygen atoms in total. The van der Waals surface area contributed by atoms with Crippen molar-refractivity contribution >= 4 is 5.96 Å². The summed E-state index contributed by atoms with van der Waals surface area (Å²) in [4.78, 5) is 8.91. The van der Waals surface area contributed by atoms with Gasteiger partial charge in [0.15, 0.2) is 5.96 Å². The zero-order valence-electron chi connectivity index (χ0n) is 14.8. The SMILES string of the molecule is CN=C(NCCCCN(C)C(C)C)N(C)Cc1ccccc1. The molecule has 1 rings (SSSR count). The Balaban J connectivity index is 2.27. The molecular weight excluding hydrogens is 272 g/mol. The Hall–Kier alpha value is -1.55. The quantitative estimate of drug-likeness (QED) is 0.455. The summed E-state index contributed by atoms with van der Waals surface area (Å²) >= 11 is 0. The Kier molecular flexibility index (Phi) is 8.60. The first-order valence-corrected chi connectivity index (χ1v) is 8.20. The van der Waals surface area contributed by atoms with Crippen LogP contribution in [0.3, 0.4) is 0 Å². The van der Waals surface area contributed by atoms with Gasteiger partial charge in [-0.15, -0.1) is 0 Å². The van der Waals surface area contributed by atoms with Gasteiger partial charge in [-0.25, -0.2) is 0 Å². The summed E-state index contributed by atoms with van der Waals surface area (Å²) in [6.07, 6.45) is 2.37. The van der Waals surface area contributed by atoms with Gasteiger partial charge in [0.05, 0.1) is 0 Å². The van der Waals surface area contributed by atoms with Crippen molar-refractivity contribution in [2.45, 2.75) is 39.3 Å². The normalized spacial score (nSPS) is 12.0. The smallest absolute Gasteiger partial charge is 0.193 e. The summed E-state index contributed by atoms with van der Waals surface area (Å²) in [5.41, 5.74) is 1.30. The maximum Gasteiger partial charge on any atom is 0.193 e. The number of rotatable bonds is 8. The fraction of sp³-hybridized carbons (Fsp3) is 0.611. The lowest BCUT2D eigenvalue weighted by molar-refractivity contribution is 0.268. The van der Waals surface area contributed by atoms with Crippen LogP contribution in [-0.4, -0.2) is 56.0 Å². The Morgan fingerprint density at radius 2 is 1.82 bits per heavy atom. The number of aliphatic imine (C=N–C) groups is 1. The average Bonchev–Trinajstić information content (AvgIpc) is 2.51. The number of unbranched alkanes of at least 4 members (excludes halogenated alkanes) is 1. The van der Waals surface area contributed by atoms with E-state index in [9.17, 15) is 0 Å². The lowest BCUT2D eigenvalue weighted by atomic mass is 10.2. The van der Waals surface area contributed by atoms with Crippen molar-refractivity contribution in [3.05, 3.63) is 35.9 Å². The summed E-state index contributed by atoms with van der Waals surface area (Å²) in [5.74, 6) is 0.959. The first kappa shape index (κ1) is 18.5. The van der Waals surface area contributed by atoms with Crippen LogP contribution in [0.15, 0.2) is 35.3 Å². The fourth-order valence-electron chi connectivity index (χ4n) is 2.26. The van der Waals surface area contributed by atoms with Crippen molar-refractivity contribution in [2.75, 3.05) is 34.2 Å². The van der Waals surface area contributed by atoms with E-state index in [1.54, 1.807) is 0 Å². The molecule has 0 atom stereocenters. The highest BCUT2D eigenvalue weighted by molar-refractivity contribution is 5.79. The molecule has 0 heterocycles. The topological polar surface area (TPSA) is 30.9 Å². The summed E-state index contributed by atoms with van der Waals surface area (Å²) in [6.45, 7) is 7.46. The van der Waals surface area contributed by atoms with Gasteiger partial charge in [-0.1, -0.05) is 30.3 Å². The maximum absolute atomic E-state index is 4.37. The third kappa shape index (κ3) is 6.94. The highest BCUT2D eigenvalue weighted by Gasteiger charge is 2.06. The Bertz CT molecular complexity index is 428. The van der Waals surface area contributed by atoms with Crippen molar-refractivity contribution in [3.8, 4) is 0 Å². The molecular formula is C18H32N4. The molecule has 0 aliphatic carbocycles. The van der Waals surface area contributed by atoms with Crippen LogP contribution < -0.4 is 5.32 Å². The second kappa shape index (κ2) is 10.2. The van der Waals surface area contributed by atoms with E-state index in [4.69, 9.17) is 0 Å². The van der Waals surface area contributed by atoms with Gasteiger partial charge in [0, 0.05) is 33.2 Å². The van der Waals surface area contributed by atoms with Crippen molar-refractivity contribution in [2.24, 2.45) is 4.99 Å². The van der Waals surface area contributed by atoms with E-state index in [-0.39, 0.29) is 0 Å². The molecule has 0 aliphatic heterocycles. The number of hydrogen-bond acceptors (Lipinski definition) is 2. The molecule has 1 aromatic carbocycles. The molecule has 1 N–H and O–H groups in total. The Morgan fingerprint density at radius 3 is 2.41 bits per heavy atom. The zero-order chi connectivity index (χ0) is 16.4.